The molecule has 0 amide bonds. The van der Waals surface area contributed by atoms with Crippen molar-refractivity contribution in [2.45, 2.75) is 39.2 Å². The van der Waals surface area contributed by atoms with Crippen LogP contribution in [0.15, 0.2) is 48.5 Å². The van der Waals surface area contributed by atoms with Gasteiger partial charge in [0, 0.05) is 5.54 Å². The van der Waals surface area contributed by atoms with Gasteiger partial charge in [0.05, 0.1) is 0 Å². The summed E-state index contributed by atoms with van der Waals surface area (Å²) in [7, 11) is 0. The van der Waals surface area contributed by atoms with E-state index in [0.717, 1.165) is 12.8 Å². The number of aryl methyl sites for hydroxylation is 3. The van der Waals surface area contributed by atoms with Crippen LogP contribution in [0.2, 0.25) is 0 Å². The first-order chi connectivity index (χ1) is 8.99. The second-order valence-corrected chi connectivity index (χ2v) is 5.70. The zero-order valence-corrected chi connectivity index (χ0v) is 12.1. The van der Waals surface area contributed by atoms with Crippen LogP contribution >= 0.6 is 0 Å². The minimum atomic E-state index is -0.270. The monoisotopic (exact) mass is 253 g/mol. The van der Waals surface area contributed by atoms with Gasteiger partial charge in [-0.2, -0.15) is 0 Å². The fourth-order valence-electron chi connectivity index (χ4n) is 2.29. The fraction of sp³-hybridized carbons (Fsp3) is 0.333. The molecule has 1 nitrogen and oxygen atoms in total. The van der Waals surface area contributed by atoms with Crippen LogP contribution < -0.4 is 5.73 Å². The van der Waals surface area contributed by atoms with Crippen LogP contribution in [-0.4, -0.2) is 0 Å². The molecule has 0 aliphatic rings. The molecule has 2 rings (SSSR count). The van der Waals surface area contributed by atoms with Gasteiger partial charge >= 0.3 is 0 Å². The third-order valence-corrected chi connectivity index (χ3v) is 3.94. The molecule has 0 fully saturated rings. The number of nitrogens with two attached hydrogens (primary N) is 1. The quantitative estimate of drug-likeness (QED) is 0.872. The minimum Gasteiger partial charge on any atom is -0.322 e. The third-order valence-electron chi connectivity index (χ3n) is 3.94. The molecule has 1 atom stereocenters. The van der Waals surface area contributed by atoms with Crippen molar-refractivity contribution in [1.29, 1.82) is 0 Å². The maximum Gasteiger partial charge on any atom is 0.0384 e. The van der Waals surface area contributed by atoms with Gasteiger partial charge in [-0.05, 0) is 55.9 Å². The molecule has 2 aromatic carbocycles. The van der Waals surface area contributed by atoms with E-state index in [9.17, 15) is 0 Å². The van der Waals surface area contributed by atoms with E-state index in [0.29, 0.717) is 0 Å². The average molecular weight is 253 g/mol. The number of benzene rings is 2. The Labute approximate surface area is 116 Å². The summed E-state index contributed by atoms with van der Waals surface area (Å²) in [6, 6.07) is 17.1. The van der Waals surface area contributed by atoms with Gasteiger partial charge in [-0.15, -0.1) is 0 Å². The Morgan fingerprint density at radius 3 is 2.26 bits per heavy atom. The predicted octanol–water partition coefficient (Wildman–Crippen LogP) is 4.11. The minimum absolute atomic E-state index is 0.270. The summed E-state index contributed by atoms with van der Waals surface area (Å²) in [5.74, 6) is 0. The summed E-state index contributed by atoms with van der Waals surface area (Å²) in [6.07, 6.45) is 1.97. The van der Waals surface area contributed by atoms with Crippen molar-refractivity contribution in [3.63, 3.8) is 0 Å². The van der Waals surface area contributed by atoms with Gasteiger partial charge in [0.25, 0.3) is 0 Å². The van der Waals surface area contributed by atoms with E-state index in [-0.39, 0.29) is 5.54 Å². The lowest BCUT2D eigenvalue weighted by Gasteiger charge is -2.26. The Hall–Kier alpha value is -1.60. The normalized spacial score (nSPS) is 14.1. The highest BCUT2D eigenvalue weighted by Gasteiger charge is 2.21. The Morgan fingerprint density at radius 2 is 1.63 bits per heavy atom. The van der Waals surface area contributed by atoms with E-state index >= 15 is 0 Å². The zero-order valence-electron chi connectivity index (χ0n) is 12.1. The van der Waals surface area contributed by atoms with Crippen molar-refractivity contribution in [3.05, 3.63) is 70.8 Å². The lowest BCUT2D eigenvalue weighted by Crippen LogP contribution is -2.33. The predicted molar refractivity (Wildman–Crippen MR) is 82.2 cm³/mol. The van der Waals surface area contributed by atoms with Crippen molar-refractivity contribution in [2.75, 3.05) is 0 Å². The number of rotatable bonds is 4. The molecule has 100 valence electrons. The Bertz CT molecular complexity index is 541. The van der Waals surface area contributed by atoms with Gasteiger partial charge in [-0.3, -0.25) is 0 Å². The van der Waals surface area contributed by atoms with Gasteiger partial charge in [-0.1, -0.05) is 48.5 Å². The van der Waals surface area contributed by atoms with Crippen LogP contribution in [-0.2, 0) is 12.0 Å². The highest BCUT2D eigenvalue weighted by Crippen LogP contribution is 2.25. The van der Waals surface area contributed by atoms with Gasteiger partial charge in [0.2, 0.25) is 0 Å². The van der Waals surface area contributed by atoms with Crippen molar-refractivity contribution in [2.24, 2.45) is 5.73 Å². The van der Waals surface area contributed by atoms with Gasteiger partial charge in [0.15, 0.2) is 0 Å². The summed E-state index contributed by atoms with van der Waals surface area (Å²) in [5.41, 5.74) is 11.4. The first kappa shape index (κ1) is 13.8. The van der Waals surface area contributed by atoms with Gasteiger partial charge < -0.3 is 5.73 Å². The lowest BCUT2D eigenvalue weighted by atomic mass is 9.85. The topological polar surface area (TPSA) is 26.0 Å². The van der Waals surface area contributed by atoms with E-state index in [1.54, 1.807) is 0 Å². The molecule has 19 heavy (non-hydrogen) atoms. The van der Waals surface area contributed by atoms with Crippen LogP contribution in [0.3, 0.4) is 0 Å². The summed E-state index contributed by atoms with van der Waals surface area (Å²) < 4.78 is 0. The van der Waals surface area contributed by atoms with Crippen LogP contribution in [0.25, 0.3) is 0 Å². The SMILES string of the molecule is Cc1ccc(C(C)(N)CCc2ccccc2)cc1C. The average Bonchev–Trinajstić information content (AvgIpc) is 2.41. The van der Waals surface area contributed by atoms with Crippen molar-refractivity contribution in [3.8, 4) is 0 Å². The molecule has 0 saturated heterocycles. The van der Waals surface area contributed by atoms with E-state index in [1.165, 1.54) is 22.3 Å². The van der Waals surface area contributed by atoms with E-state index in [2.05, 4.69) is 69.3 Å². The van der Waals surface area contributed by atoms with E-state index in [1.807, 2.05) is 0 Å². The highest BCUT2D eigenvalue weighted by molar-refractivity contribution is 5.34. The molecule has 0 spiro atoms. The first-order valence-electron chi connectivity index (χ1n) is 6.89. The van der Waals surface area contributed by atoms with Crippen LogP contribution in [0.5, 0.6) is 0 Å². The lowest BCUT2D eigenvalue weighted by molar-refractivity contribution is 0.452. The summed E-state index contributed by atoms with van der Waals surface area (Å²) in [5, 5.41) is 0. The third kappa shape index (κ3) is 3.45. The molecular formula is C18H23N. The molecule has 2 N–H and O–H groups in total. The Balaban J connectivity index is 2.11. The number of hydrogen-bond acceptors (Lipinski definition) is 1. The molecule has 1 heteroatoms. The molecule has 0 aliphatic carbocycles. The number of hydrogen-bond donors (Lipinski definition) is 1. The molecule has 2 aromatic rings. The van der Waals surface area contributed by atoms with Crippen molar-refractivity contribution < 1.29 is 0 Å². The van der Waals surface area contributed by atoms with E-state index < -0.39 is 0 Å². The standard InChI is InChI=1S/C18H23N/c1-14-9-10-17(13-15(14)2)18(3,19)12-11-16-7-5-4-6-8-16/h4-10,13H,11-12,19H2,1-3H3. The summed E-state index contributed by atoms with van der Waals surface area (Å²) >= 11 is 0. The molecular weight excluding hydrogens is 230 g/mol. The summed E-state index contributed by atoms with van der Waals surface area (Å²) in [4.78, 5) is 0. The second-order valence-electron chi connectivity index (χ2n) is 5.70. The molecule has 0 heterocycles. The largest absolute Gasteiger partial charge is 0.322 e. The first-order valence-corrected chi connectivity index (χ1v) is 6.89. The summed E-state index contributed by atoms with van der Waals surface area (Å²) in [6.45, 7) is 6.41. The fourth-order valence-corrected chi connectivity index (χ4v) is 2.29. The van der Waals surface area contributed by atoms with Crippen molar-refractivity contribution >= 4 is 0 Å². The maximum absolute atomic E-state index is 6.50. The van der Waals surface area contributed by atoms with Gasteiger partial charge in [0.1, 0.15) is 0 Å². The molecule has 0 aliphatic heterocycles. The molecule has 1 unspecified atom stereocenters. The van der Waals surface area contributed by atoms with Crippen LogP contribution in [0, 0.1) is 13.8 Å². The Kier molecular flexibility index (Phi) is 4.06. The van der Waals surface area contributed by atoms with Crippen molar-refractivity contribution in [1.82, 2.24) is 0 Å². The maximum atomic E-state index is 6.50. The zero-order chi connectivity index (χ0) is 13.9. The van der Waals surface area contributed by atoms with Crippen LogP contribution in [0.1, 0.15) is 35.6 Å². The van der Waals surface area contributed by atoms with E-state index in [4.69, 9.17) is 5.73 Å². The molecule has 0 bridgehead atoms. The van der Waals surface area contributed by atoms with Gasteiger partial charge in [-0.25, -0.2) is 0 Å². The Morgan fingerprint density at radius 1 is 0.947 bits per heavy atom. The molecule has 0 aromatic heterocycles. The second kappa shape index (κ2) is 5.58. The highest BCUT2D eigenvalue weighted by atomic mass is 14.7. The smallest absolute Gasteiger partial charge is 0.0384 e. The molecule has 0 radical (unpaired) electrons. The molecule has 0 saturated carbocycles. The van der Waals surface area contributed by atoms with Crippen LogP contribution in [0.4, 0.5) is 0 Å².